The lowest BCUT2D eigenvalue weighted by atomic mass is 10.1. The summed E-state index contributed by atoms with van der Waals surface area (Å²) in [5.74, 6) is 1.05. The SMILES string of the molecule is Cn1ccc(NC(=O)[C@H]2CC(=O)N(c3ccc4c(c3)OCO4)C2)n1. The van der Waals surface area contributed by atoms with Crippen molar-refractivity contribution in [1.82, 2.24) is 9.78 Å². The molecule has 8 heteroatoms. The van der Waals surface area contributed by atoms with Gasteiger partial charge in [0.2, 0.25) is 18.6 Å². The quantitative estimate of drug-likeness (QED) is 0.913. The Bertz CT molecular complexity index is 816. The molecule has 124 valence electrons. The molecule has 1 aromatic carbocycles. The number of anilines is 2. The average Bonchev–Trinajstić information content (AvgIpc) is 3.26. The Labute approximate surface area is 137 Å². The molecule has 0 aliphatic carbocycles. The van der Waals surface area contributed by atoms with Gasteiger partial charge >= 0.3 is 0 Å². The second-order valence-corrected chi connectivity index (χ2v) is 5.81. The molecule has 8 nitrogen and oxygen atoms in total. The number of amides is 2. The molecule has 0 spiro atoms. The minimum Gasteiger partial charge on any atom is -0.454 e. The molecule has 2 aliphatic heterocycles. The Morgan fingerprint density at radius 1 is 1.29 bits per heavy atom. The van der Waals surface area contributed by atoms with Crippen LogP contribution in [0.3, 0.4) is 0 Å². The Morgan fingerprint density at radius 2 is 2.12 bits per heavy atom. The molecule has 2 amide bonds. The van der Waals surface area contributed by atoms with Gasteiger partial charge in [0.15, 0.2) is 17.3 Å². The first-order chi connectivity index (χ1) is 11.6. The number of benzene rings is 1. The van der Waals surface area contributed by atoms with Gasteiger partial charge in [0.1, 0.15) is 0 Å². The Kier molecular flexibility index (Phi) is 3.37. The Hall–Kier alpha value is -3.03. The van der Waals surface area contributed by atoms with Crippen LogP contribution in [0.25, 0.3) is 0 Å². The number of rotatable bonds is 3. The van der Waals surface area contributed by atoms with Crippen molar-refractivity contribution in [2.24, 2.45) is 13.0 Å². The normalized spacial score (nSPS) is 19.0. The third-order valence-corrected chi connectivity index (χ3v) is 4.13. The van der Waals surface area contributed by atoms with E-state index >= 15 is 0 Å². The first-order valence-corrected chi connectivity index (χ1v) is 7.61. The van der Waals surface area contributed by atoms with Gasteiger partial charge in [-0.2, -0.15) is 5.10 Å². The molecule has 1 fully saturated rings. The Balaban J connectivity index is 1.47. The summed E-state index contributed by atoms with van der Waals surface area (Å²) in [6.07, 6.45) is 1.92. The van der Waals surface area contributed by atoms with Gasteiger partial charge in [-0.25, -0.2) is 0 Å². The topological polar surface area (TPSA) is 85.7 Å². The average molecular weight is 328 g/mol. The molecule has 0 bridgehead atoms. The van der Waals surface area contributed by atoms with Crippen LogP contribution in [0.4, 0.5) is 11.5 Å². The molecule has 0 unspecified atom stereocenters. The molecule has 3 heterocycles. The summed E-state index contributed by atoms with van der Waals surface area (Å²) in [5.41, 5.74) is 0.706. The number of nitrogens with one attached hydrogen (secondary N) is 1. The number of hydrogen-bond donors (Lipinski definition) is 1. The minimum absolute atomic E-state index is 0.0879. The van der Waals surface area contributed by atoms with E-state index in [0.29, 0.717) is 29.5 Å². The van der Waals surface area contributed by atoms with Gasteiger partial charge < -0.3 is 19.7 Å². The second kappa shape index (κ2) is 5.55. The standard InChI is InChI=1S/C16H16N4O4/c1-19-5-4-14(18-19)17-16(22)10-6-15(21)20(8-10)11-2-3-12-13(7-11)24-9-23-12/h2-5,7,10H,6,8-9H2,1H3,(H,17,18,22)/t10-/m0/s1. The molecule has 1 aromatic heterocycles. The number of aryl methyl sites for hydroxylation is 1. The maximum atomic E-state index is 12.3. The van der Waals surface area contributed by atoms with Crippen molar-refractivity contribution in [1.29, 1.82) is 0 Å². The summed E-state index contributed by atoms with van der Waals surface area (Å²) in [6, 6.07) is 7.04. The summed E-state index contributed by atoms with van der Waals surface area (Å²) in [5, 5.41) is 6.86. The van der Waals surface area contributed by atoms with Crippen LogP contribution in [-0.2, 0) is 16.6 Å². The van der Waals surface area contributed by atoms with Crippen LogP contribution < -0.4 is 19.7 Å². The lowest BCUT2D eigenvalue weighted by Gasteiger charge is -2.17. The van der Waals surface area contributed by atoms with E-state index in [-0.39, 0.29) is 25.0 Å². The minimum atomic E-state index is -0.412. The van der Waals surface area contributed by atoms with Gasteiger partial charge in [0.25, 0.3) is 0 Å². The summed E-state index contributed by atoms with van der Waals surface area (Å²) < 4.78 is 12.2. The highest BCUT2D eigenvalue weighted by molar-refractivity contribution is 6.03. The van der Waals surface area contributed by atoms with E-state index in [1.54, 1.807) is 47.1 Å². The van der Waals surface area contributed by atoms with Gasteiger partial charge in [-0.05, 0) is 12.1 Å². The molecule has 24 heavy (non-hydrogen) atoms. The fourth-order valence-electron chi connectivity index (χ4n) is 2.90. The van der Waals surface area contributed by atoms with Crippen LogP contribution in [0.15, 0.2) is 30.5 Å². The third-order valence-electron chi connectivity index (χ3n) is 4.13. The number of aromatic nitrogens is 2. The number of hydrogen-bond acceptors (Lipinski definition) is 5. The number of carbonyl (C=O) groups is 2. The fourth-order valence-corrected chi connectivity index (χ4v) is 2.90. The third kappa shape index (κ3) is 2.55. The van der Waals surface area contributed by atoms with E-state index in [0.717, 1.165) is 0 Å². The number of nitrogens with zero attached hydrogens (tertiary/aromatic N) is 3. The van der Waals surface area contributed by atoms with Crippen molar-refractivity contribution in [3.63, 3.8) is 0 Å². The van der Waals surface area contributed by atoms with Crippen LogP contribution >= 0.6 is 0 Å². The van der Waals surface area contributed by atoms with Crippen molar-refractivity contribution < 1.29 is 19.1 Å². The second-order valence-electron chi connectivity index (χ2n) is 5.81. The fraction of sp³-hybridized carbons (Fsp3) is 0.312. The van der Waals surface area contributed by atoms with Crippen molar-refractivity contribution >= 4 is 23.3 Å². The summed E-state index contributed by atoms with van der Waals surface area (Å²) in [6.45, 7) is 0.513. The number of ether oxygens (including phenoxy) is 2. The van der Waals surface area contributed by atoms with Crippen LogP contribution in [0.2, 0.25) is 0 Å². The van der Waals surface area contributed by atoms with E-state index in [9.17, 15) is 9.59 Å². The molecule has 4 rings (SSSR count). The van der Waals surface area contributed by atoms with Crippen LogP contribution in [-0.4, -0.2) is 34.9 Å². The van der Waals surface area contributed by atoms with Gasteiger partial charge in [0, 0.05) is 44.0 Å². The maximum absolute atomic E-state index is 12.3. The molecule has 0 saturated carbocycles. The zero-order chi connectivity index (χ0) is 16.7. The highest BCUT2D eigenvalue weighted by Gasteiger charge is 2.35. The smallest absolute Gasteiger partial charge is 0.231 e. The zero-order valence-electron chi connectivity index (χ0n) is 13.1. The van der Waals surface area contributed by atoms with Gasteiger partial charge in [-0.1, -0.05) is 0 Å². The largest absolute Gasteiger partial charge is 0.454 e. The summed E-state index contributed by atoms with van der Waals surface area (Å²) >= 11 is 0. The lowest BCUT2D eigenvalue weighted by molar-refractivity contribution is -0.122. The molecule has 0 radical (unpaired) electrons. The first-order valence-electron chi connectivity index (χ1n) is 7.61. The monoisotopic (exact) mass is 328 g/mol. The van der Waals surface area contributed by atoms with Crippen molar-refractivity contribution in [3.8, 4) is 11.5 Å². The predicted octanol–water partition coefficient (Wildman–Crippen LogP) is 1.14. The van der Waals surface area contributed by atoms with Crippen LogP contribution in [0.1, 0.15) is 6.42 Å². The van der Waals surface area contributed by atoms with E-state index in [2.05, 4.69) is 10.4 Å². The van der Waals surface area contributed by atoms with Gasteiger partial charge in [0.05, 0.1) is 5.92 Å². The van der Waals surface area contributed by atoms with Crippen molar-refractivity contribution in [2.75, 3.05) is 23.6 Å². The van der Waals surface area contributed by atoms with Crippen LogP contribution in [0.5, 0.6) is 11.5 Å². The highest BCUT2D eigenvalue weighted by Crippen LogP contribution is 2.37. The predicted molar refractivity (Wildman–Crippen MR) is 84.9 cm³/mol. The molecular formula is C16H16N4O4. The summed E-state index contributed by atoms with van der Waals surface area (Å²) in [7, 11) is 1.77. The van der Waals surface area contributed by atoms with Crippen LogP contribution in [0, 0.1) is 5.92 Å². The van der Waals surface area contributed by atoms with E-state index in [4.69, 9.17) is 9.47 Å². The summed E-state index contributed by atoms with van der Waals surface area (Å²) in [4.78, 5) is 26.3. The molecule has 1 saturated heterocycles. The van der Waals surface area contributed by atoms with E-state index in [1.165, 1.54) is 0 Å². The molecule has 1 N–H and O–H groups in total. The molecule has 1 atom stereocenters. The first kappa shape index (κ1) is 14.6. The van der Waals surface area contributed by atoms with E-state index in [1.807, 2.05) is 0 Å². The maximum Gasteiger partial charge on any atom is 0.231 e. The number of fused-ring (bicyclic) bond motifs is 1. The molecule has 2 aliphatic rings. The van der Waals surface area contributed by atoms with Gasteiger partial charge in [-0.3, -0.25) is 14.3 Å². The molecule has 2 aromatic rings. The highest BCUT2D eigenvalue weighted by atomic mass is 16.7. The zero-order valence-corrected chi connectivity index (χ0v) is 13.1. The Morgan fingerprint density at radius 3 is 2.92 bits per heavy atom. The van der Waals surface area contributed by atoms with Crippen molar-refractivity contribution in [2.45, 2.75) is 6.42 Å². The van der Waals surface area contributed by atoms with E-state index < -0.39 is 5.92 Å². The number of carbonyl (C=O) groups excluding carboxylic acids is 2. The molecular weight excluding hydrogens is 312 g/mol. The van der Waals surface area contributed by atoms with Crippen molar-refractivity contribution in [3.05, 3.63) is 30.5 Å². The van der Waals surface area contributed by atoms with Gasteiger partial charge in [-0.15, -0.1) is 0 Å². The lowest BCUT2D eigenvalue weighted by Crippen LogP contribution is -2.28.